The highest BCUT2D eigenvalue weighted by Gasteiger charge is 2.25. The van der Waals surface area contributed by atoms with Gasteiger partial charge in [-0.2, -0.15) is 0 Å². The molecule has 5 rings (SSSR count). The van der Waals surface area contributed by atoms with Gasteiger partial charge in [0.2, 0.25) is 11.8 Å². The van der Waals surface area contributed by atoms with E-state index in [9.17, 15) is 22.0 Å². The Morgan fingerprint density at radius 2 is 1.80 bits per heavy atom. The Bertz CT molecular complexity index is 1850. The number of halogens is 2. The van der Waals surface area contributed by atoms with Crippen LogP contribution in [0.5, 0.6) is 0 Å². The Balaban J connectivity index is 1.59. The Morgan fingerprint density at radius 1 is 1.02 bits per heavy atom. The maximum atomic E-state index is 14.4. The zero-order chi connectivity index (χ0) is 29.3. The number of rotatable bonds is 8. The molecule has 0 spiro atoms. The number of sulfonamides is 1. The van der Waals surface area contributed by atoms with E-state index in [1.54, 1.807) is 50.2 Å². The molecule has 0 atom stereocenters. The summed E-state index contributed by atoms with van der Waals surface area (Å²) in [6, 6.07) is 14.1. The molecule has 0 saturated carbocycles. The fourth-order valence-electron chi connectivity index (χ4n) is 4.29. The van der Waals surface area contributed by atoms with Gasteiger partial charge in [0, 0.05) is 30.3 Å². The average Bonchev–Trinajstić information content (AvgIpc) is 3.60. The van der Waals surface area contributed by atoms with Crippen LogP contribution in [0.2, 0.25) is 0 Å². The van der Waals surface area contributed by atoms with Gasteiger partial charge < -0.3 is 13.8 Å². The number of carbonyl (C=O) groups excluding carboxylic acids is 1. The second kappa shape index (κ2) is 11.0. The largest absolute Gasteiger partial charge is 0.445 e. The van der Waals surface area contributed by atoms with Gasteiger partial charge in [0.05, 0.1) is 22.3 Å². The molecule has 0 aliphatic rings. The summed E-state index contributed by atoms with van der Waals surface area (Å²) >= 11 is 0. The molecule has 0 fully saturated rings. The quantitative estimate of drug-likeness (QED) is 0.241. The normalized spacial score (nSPS) is 11.4. The topological polar surface area (TPSA) is 119 Å². The molecule has 3 aromatic carbocycles. The lowest BCUT2D eigenvalue weighted by atomic mass is 9.96. The van der Waals surface area contributed by atoms with Crippen LogP contribution in [0, 0.1) is 25.5 Å². The smallest absolute Gasteiger partial charge is 0.264 e. The highest BCUT2D eigenvalue weighted by Crippen LogP contribution is 2.35. The van der Waals surface area contributed by atoms with Gasteiger partial charge in [-0.3, -0.25) is 4.79 Å². The molecule has 2 heterocycles. The number of oxazole rings is 1. The molecular formula is C29H24F2N4O5S. The van der Waals surface area contributed by atoms with Crippen LogP contribution in [0.25, 0.3) is 22.6 Å². The van der Waals surface area contributed by atoms with Crippen molar-refractivity contribution in [2.24, 2.45) is 0 Å². The molecule has 0 unspecified atom stereocenters. The minimum atomic E-state index is -4.16. The second-order valence-corrected chi connectivity index (χ2v) is 11.0. The van der Waals surface area contributed by atoms with E-state index < -0.39 is 33.1 Å². The molecular weight excluding hydrogens is 554 g/mol. The minimum absolute atomic E-state index is 0.000724. The number of hydrogen-bond acceptors (Lipinski definition) is 7. The number of nitrogens with zero attached hydrogens (tertiary/aromatic N) is 3. The lowest BCUT2D eigenvalue weighted by Gasteiger charge is -2.21. The number of aromatic nitrogens is 2. The van der Waals surface area contributed by atoms with Crippen molar-refractivity contribution in [2.45, 2.75) is 25.3 Å². The first-order valence-corrected chi connectivity index (χ1v) is 13.8. The molecule has 210 valence electrons. The van der Waals surface area contributed by atoms with Crippen molar-refractivity contribution in [3.63, 3.8) is 0 Å². The monoisotopic (exact) mass is 578 g/mol. The van der Waals surface area contributed by atoms with Gasteiger partial charge >= 0.3 is 0 Å². The van der Waals surface area contributed by atoms with Crippen LogP contribution in [-0.2, 0) is 16.6 Å². The summed E-state index contributed by atoms with van der Waals surface area (Å²) in [7, 11) is -2.72. The zero-order valence-electron chi connectivity index (χ0n) is 22.2. The van der Waals surface area contributed by atoms with Crippen LogP contribution < -0.4 is 4.72 Å². The van der Waals surface area contributed by atoms with Crippen molar-refractivity contribution in [3.05, 3.63) is 107 Å². The summed E-state index contributed by atoms with van der Waals surface area (Å²) in [6.07, 6.45) is 2.89. The van der Waals surface area contributed by atoms with Crippen molar-refractivity contribution in [2.75, 3.05) is 11.8 Å². The van der Waals surface area contributed by atoms with Crippen LogP contribution in [0.4, 0.5) is 14.7 Å². The van der Waals surface area contributed by atoms with E-state index in [0.717, 1.165) is 18.2 Å². The molecule has 41 heavy (non-hydrogen) atoms. The van der Waals surface area contributed by atoms with Crippen LogP contribution in [0.15, 0.2) is 87.0 Å². The lowest BCUT2D eigenvalue weighted by molar-refractivity contribution is 0.0780. The molecule has 1 N–H and O–H groups in total. The summed E-state index contributed by atoms with van der Waals surface area (Å²) < 4.78 is 68.3. The minimum Gasteiger partial charge on any atom is -0.445 e. The van der Waals surface area contributed by atoms with Gasteiger partial charge in [-0.15, -0.1) is 0 Å². The lowest BCUT2D eigenvalue weighted by Crippen LogP contribution is -2.27. The fraction of sp³-hybridized carbons (Fsp3) is 0.138. The molecule has 0 radical (unpaired) electrons. The second-order valence-electron chi connectivity index (χ2n) is 9.32. The zero-order valence-corrected chi connectivity index (χ0v) is 23.0. The van der Waals surface area contributed by atoms with Crippen LogP contribution in [-0.4, -0.2) is 36.4 Å². The molecule has 0 aliphatic heterocycles. The third kappa shape index (κ3) is 5.59. The van der Waals surface area contributed by atoms with Gasteiger partial charge in [0.1, 0.15) is 17.9 Å². The standard InChI is InChI=1S/C29H24F2N4O5S/c1-17-18(2)33-40-27(17)34-41(37,38)26-7-5-4-6-23(26)22-10-8-19(28-32-12-13-39-28)14-20(22)16-35(3)29(36)24-15-21(30)9-11-25(24)31/h4-15,34H,16H2,1-3H3. The Hall–Kier alpha value is -4.84. The van der Waals surface area contributed by atoms with E-state index in [2.05, 4.69) is 14.9 Å². The van der Waals surface area contributed by atoms with E-state index in [4.69, 9.17) is 8.94 Å². The summed E-state index contributed by atoms with van der Waals surface area (Å²) in [6.45, 7) is 3.30. The molecule has 1 amide bonds. The third-order valence-corrected chi connectivity index (χ3v) is 7.94. The average molecular weight is 579 g/mol. The SMILES string of the molecule is Cc1noc(NS(=O)(=O)c2ccccc2-c2ccc(-c3ncco3)cc2CN(C)C(=O)c2cc(F)ccc2F)c1C. The molecule has 2 aromatic heterocycles. The van der Waals surface area contributed by atoms with E-state index in [-0.39, 0.29) is 17.3 Å². The number of nitrogens with one attached hydrogen (secondary N) is 1. The summed E-state index contributed by atoms with van der Waals surface area (Å²) in [5.74, 6) is -2.06. The fourth-order valence-corrected chi connectivity index (χ4v) is 5.56. The Morgan fingerprint density at radius 3 is 2.51 bits per heavy atom. The summed E-state index contributed by atoms with van der Waals surface area (Å²) in [5, 5.41) is 3.80. The maximum absolute atomic E-state index is 14.4. The molecule has 9 nitrogen and oxygen atoms in total. The number of aryl methyl sites for hydroxylation is 1. The third-order valence-electron chi connectivity index (χ3n) is 6.55. The first-order valence-electron chi connectivity index (χ1n) is 12.3. The van der Waals surface area contributed by atoms with E-state index in [1.807, 2.05) is 0 Å². The number of amides is 1. The number of carbonyl (C=O) groups is 1. The van der Waals surface area contributed by atoms with Crippen molar-refractivity contribution in [3.8, 4) is 22.6 Å². The van der Waals surface area contributed by atoms with Crippen molar-refractivity contribution in [1.29, 1.82) is 0 Å². The highest BCUT2D eigenvalue weighted by molar-refractivity contribution is 7.92. The maximum Gasteiger partial charge on any atom is 0.264 e. The van der Waals surface area contributed by atoms with Crippen molar-refractivity contribution < 1.29 is 30.9 Å². The van der Waals surface area contributed by atoms with Crippen LogP contribution in [0.1, 0.15) is 27.2 Å². The van der Waals surface area contributed by atoms with Crippen LogP contribution in [0.3, 0.4) is 0 Å². The predicted molar refractivity (Wildman–Crippen MR) is 146 cm³/mol. The highest BCUT2D eigenvalue weighted by atomic mass is 32.2. The van der Waals surface area contributed by atoms with Crippen molar-refractivity contribution in [1.82, 2.24) is 15.0 Å². The van der Waals surface area contributed by atoms with E-state index >= 15 is 0 Å². The van der Waals surface area contributed by atoms with Gasteiger partial charge in [0.25, 0.3) is 15.9 Å². The van der Waals surface area contributed by atoms with Crippen molar-refractivity contribution >= 4 is 21.8 Å². The Kier molecular flexibility index (Phi) is 7.41. The van der Waals surface area contributed by atoms with E-state index in [0.29, 0.717) is 39.4 Å². The van der Waals surface area contributed by atoms with Crippen LogP contribution >= 0.6 is 0 Å². The van der Waals surface area contributed by atoms with Gasteiger partial charge in [0.15, 0.2) is 0 Å². The van der Waals surface area contributed by atoms with Gasteiger partial charge in [-0.25, -0.2) is 26.9 Å². The summed E-state index contributed by atoms with van der Waals surface area (Å²) in [5.41, 5.74) is 2.55. The molecule has 12 heteroatoms. The number of hydrogen-bond donors (Lipinski definition) is 1. The molecule has 5 aromatic rings. The van der Waals surface area contributed by atoms with E-state index in [1.165, 1.54) is 30.5 Å². The van der Waals surface area contributed by atoms with Gasteiger partial charge in [-0.1, -0.05) is 29.4 Å². The molecule has 0 bridgehead atoms. The predicted octanol–water partition coefficient (Wildman–Crippen LogP) is 5.96. The number of benzene rings is 3. The summed E-state index contributed by atoms with van der Waals surface area (Å²) in [4.78, 5) is 18.4. The molecule has 0 saturated heterocycles. The van der Waals surface area contributed by atoms with Gasteiger partial charge in [-0.05, 0) is 61.4 Å². The number of anilines is 1. The molecule has 0 aliphatic carbocycles. The Labute approximate surface area is 234 Å². The first-order chi connectivity index (χ1) is 19.5. The first kappa shape index (κ1) is 27.7.